The fourth-order valence-electron chi connectivity index (χ4n) is 0. The summed E-state index contributed by atoms with van der Waals surface area (Å²) in [7, 11) is 0. The van der Waals surface area contributed by atoms with E-state index in [1.807, 2.05) is 0 Å². The molecule has 0 radical (unpaired) electrons. The zero-order chi connectivity index (χ0) is 4.00. The molecule has 0 aromatic carbocycles. The van der Waals surface area contributed by atoms with Gasteiger partial charge in [0.1, 0.15) is 0 Å². The molecule has 0 bridgehead atoms. The van der Waals surface area contributed by atoms with Crippen LogP contribution in [-0.4, -0.2) is 0 Å². The Labute approximate surface area is 41.5 Å². The Morgan fingerprint density at radius 1 is 0.800 bits per heavy atom. The van der Waals surface area contributed by atoms with Crippen LogP contribution in [0.5, 0.6) is 0 Å². The maximum Gasteiger partial charge on any atom is 0.0462 e. The second-order valence-electron chi connectivity index (χ2n) is 0. The molecule has 0 N–H and O–H groups in total. The first-order valence-electron chi connectivity index (χ1n) is 0.516. The summed E-state index contributed by atoms with van der Waals surface area (Å²) in [5.41, 5.74) is 0. The zero-order valence-electron chi connectivity index (χ0n) is 2.40. The predicted molar refractivity (Wildman–Crippen MR) is 13.3 cm³/mol. The van der Waals surface area contributed by atoms with Crippen molar-refractivity contribution in [3.05, 3.63) is 0 Å². The molecule has 0 saturated heterocycles. The van der Waals surface area contributed by atoms with Gasteiger partial charge in [-0.2, -0.15) is 0 Å². The van der Waals surface area contributed by atoms with Crippen molar-refractivity contribution in [1.82, 2.24) is 0 Å². The van der Waals surface area contributed by atoms with Crippen molar-refractivity contribution < 1.29 is 17.1 Å². The van der Waals surface area contributed by atoms with Crippen LogP contribution in [-0.2, 0) is 17.1 Å². The van der Waals surface area contributed by atoms with Gasteiger partial charge < -0.3 is 0 Å². The maximum absolute atomic E-state index is 6.50. The smallest absolute Gasteiger partial charge is 0.0462 e. The average Bonchev–Trinajstić information content (AvgIpc) is 1.50. The number of hydrogen-bond acceptors (Lipinski definition) is 2. The summed E-state index contributed by atoms with van der Waals surface area (Å²) < 4.78 is 0. The molecule has 28 valence electrons. The van der Waals surface area contributed by atoms with Gasteiger partial charge >= 0.3 is 0 Å². The van der Waals surface area contributed by atoms with Gasteiger partial charge in [0, 0.05) is 30.2 Å². The van der Waals surface area contributed by atoms with Crippen molar-refractivity contribution in [3.63, 3.8) is 0 Å². The van der Waals surface area contributed by atoms with Gasteiger partial charge in [-0.1, -0.05) is 0 Å². The van der Waals surface area contributed by atoms with Crippen molar-refractivity contribution >= 4 is 0 Å². The van der Waals surface area contributed by atoms with Crippen molar-refractivity contribution in [2.75, 3.05) is 0 Å². The fourth-order valence-corrected chi connectivity index (χ4v) is 0. The molecule has 0 spiro atoms. The van der Waals surface area contributed by atoms with Crippen molar-refractivity contribution in [2.24, 2.45) is 0 Å². The van der Waals surface area contributed by atoms with Gasteiger partial charge in [0.15, 0.2) is 0 Å². The summed E-state index contributed by atoms with van der Waals surface area (Å²) in [6, 6.07) is 0. The Morgan fingerprint density at radius 3 is 0.800 bits per heavy atom. The van der Waals surface area contributed by atoms with E-state index >= 15 is 0 Å². The predicted octanol–water partition coefficient (Wildman–Crippen LogP) is 0.277. The largest absolute Gasteiger partial charge is 0.202 e. The fraction of sp³-hybridized carbons (Fsp3) is 0. The minimum Gasteiger partial charge on any atom is -0.202 e. The quantitative estimate of drug-likeness (QED) is 0.420. The van der Waals surface area contributed by atoms with E-state index in [1.54, 1.807) is 0 Å². The molecule has 3 heteroatoms. The average molecular weight is 110 g/mol. The molecule has 0 aromatic heterocycles. The summed E-state index contributed by atoms with van der Waals surface area (Å²) in [5.74, 6) is 0. The maximum atomic E-state index is 6.50. The molecule has 0 aliphatic heterocycles. The molecule has 0 aromatic rings. The van der Waals surface area contributed by atoms with Crippen LogP contribution in [0.15, 0.2) is 0 Å². The van der Waals surface area contributed by atoms with E-state index in [0.717, 1.165) is 0 Å². The van der Waals surface area contributed by atoms with Crippen LogP contribution in [0.25, 0.3) is 0 Å². The Kier molecular flexibility index (Phi) is 428. The van der Waals surface area contributed by atoms with Crippen molar-refractivity contribution in [1.29, 1.82) is 10.5 Å². The first kappa shape index (κ1) is 24.5. The molecule has 5 heavy (non-hydrogen) atoms. The molecule has 0 aliphatic carbocycles. The van der Waals surface area contributed by atoms with E-state index in [2.05, 4.69) is 13.1 Å². The van der Waals surface area contributed by atoms with E-state index in [9.17, 15) is 0 Å². The number of nitrogens with zero attached hydrogens (tertiary/aromatic N) is 2. The summed E-state index contributed by atoms with van der Waals surface area (Å²) in [6.45, 7) is 7.00. The molecule has 0 heterocycles. The molecular weight excluding hydrogens is 108 g/mol. The summed E-state index contributed by atoms with van der Waals surface area (Å²) in [4.78, 5) is 0. The Balaban J connectivity index is -0.0000000133. The summed E-state index contributed by atoms with van der Waals surface area (Å²) in [5, 5.41) is 13.0. The van der Waals surface area contributed by atoms with Crippen LogP contribution < -0.4 is 0 Å². The van der Waals surface area contributed by atoms with Gasteiger partial charge in [0.25, 0.3) is 0 Å². The third-order valence-corrected chi connectivity index (χ3v) is 0. The minimum absolute atomic E-state index is 0. The SMILES string of the molecule is C#N.C#N.[Fe]. The summed E-state index contributed by atoms with van der Waals surface area (Å²) in [6.07, 6.45) is 0. The number of hydrogen-bond donors (Lipinski definition) is 0. The van der Waals surface area contributed by atoms with Gasteiger partial charge in [0.05, 0.1) is 0 Å². The van der Waals surface area contributed by atoms with Crippen LogP contribution in [0, 0.1) is 23.7 Å². The van der Waals surface area contributed by atoms with Crippen LogP contribution in [0.4, 0.5) is 0 Å². The van der Waals surface area contributed by atoms with Gasteiger partial charge in [-0.15, -0.1) is 0 Å². The standard InChI is InChI=1S/2CHN.Fe/c2*1-2;/h2*1H;. The summed E-state index contributed by atoms with van der Waals surface area (Å²) >= 11 is 0. The second kappa shape index (κ2) is 87.3. The van der Waals surface area contributed by atoms with E-state index in [0.29, 0.717) is 0 Å². The normalized spacial score (nSPS) is 0.800. The van der Waals surface area contributed by atoms with Crippen LogP contribution >= 0.6 is 0 Å². The van der Waals surface area contributed by atoms with Gasteiger partial charge in [0.2, 0.25) is 0 Å². The van der Waals surface area contributed by atoms with E-state index < -0.39 is 0 Å². The first-order chi connectivity index (χ1) is 2.00. The Hall–Kier alpha value is -0.501. The molecular formula is C2H2FeN2. The van der Waals surface area contributed by atoms with Crippen LogP contribution in [0.2, 0.25) is 0 Å². The molecule has 0 atom stereocenters. The second-order valence-corrected chi connectivity index (χ2v) is 0. The van der Waals surface area contributed by atoms with Crippen LogP contribution in [0.1, 0.15) is 0 Å². The number of rotatable bonds is 0. The third-order valence-electron chi connectivity index (χ3n) is 0. The van der Waals surface area contributed by atoms with Gasteiger partial charge in [-0.25, -0.2) is 10.5 Å². The van der Waals surface area contributed by atoms with Gasteiger partial charge in [-0.3, -0.25) is 0 Å². The van der Waals surface area contributed by atoms with Crippen molar-refractivity contribution in [3.8, 4) is 13.1 Å². The molecule has 0 amide bonds. The van der Waals surface area contributed by atoms with E-state index in [-0.39, 0.29) is 17.1 Å². The first-order valence-corrected chi connectivity index (χ1v) is 0.516. The Morgan fingerprint density at radius 2 is 0.800 bits per heavy atom. The van der Waals surface area contributed by atoms with E-state index in [1.165, 1.54) is 0 Å². The molecule has 0 rings (SSSR count). The van der Waals surface area contributed by atoms with Crippen molar-refractivity contribution in [2.45, 2.75) is 0 Å². The zero-order valence-corrected chi connectivity index (χ0v) is 3.51. The molecule has 0 fully saturated rings. The molecule has 0 unspecified atom stereocenters. The molecule has 0 saturated carbocycles. The van der Waals surface area contributed by atoms with Gasteiger partial charge in [-0.05, 0) is 0 Å². The monoisotopic (exact) mass is 110 g/mol. The minimum atomic E-state index is 0. The number of nitriles is 2. The van der Waals surface area contributed by atoms with Crippen LogP contribution in [0.3, 0.4) is 0 Å². The topological polar surface area (TPSA) is 47.6 Å². The van der Waals surface area contributed by atoms with E-state index in [4.69, 9.17) is 10.5 Å². The molecule has 2 nitrogen and oxygen atoms in total. The molecule has 0 aliphatic rings. The third kappa shape index (κ3) is 31.4. The Bertz CT molecular complexity index is 23.1.